The predicted molar refractivity (Wildman–Crippen MR) is 138 cm³/mol. The van der Waals surface area contributed by atoms with E-state index in [2.05, 4.69) is 16.3 Å². The van der Waals surface area contributed by atoms with Crippen LogP contribution in [0.3, 0.4) is 0 Å². The quantitative estimate of drug-likeness (QED) is 0.413. The van der Waals surface area contributed by atoms with E-state index in [1.54, 1.807) is 21.7 Å². The summed E-state index contributed by atoms with van der Waals surface area (Å²) >= 11 is 1.28. The molecule has 0 radical (unpaired) electrons. The number of amides is 1. The molecule has 1 N–H and O–H groups in total. The molecule has 4 aromatic rings. The molecule has 1 amide bonds. The van der Waals surface area contributed by atoms with Crippen LogP contribution in [-0.2, 0) is 4.79 Å². The monoisotopic (exact) mass is 529 g/mol. The summed E-state index contributed by atoms with van der Waals surface area (Å²) < 4.78 is 17.3. The zero-order chi connectivity index (χ0) is 27.0. The zero-order valence-electron chi connectivity index (χ0n) is 20.8. The van der Waals surface area contributed by atoms with Gasteiger partial charge in [-0.15, -0.1) is 0 Å². The third-order valence-corrected chi connectivity index (χ3v) is 7.92. The first-order valence-corrected chi connectivity index (χ1v) is 12.9. The van der Waals surface area contributed by atoms with Crippen molar-refractivity contribution in [2.45, 2.75) is 48.6 Å². The van der Waals surface area contributed by atoms with Gasteiger partial charge in [0.2, 0.25) is 0 Å². The lowest BCUT2D eigenvalue weighted by Gasteiger charge is -2.33. The van der Waals surface area contributed by atoms with Crippen LogP contribution < -0.4 is 0 Å². The van der Waals surface area contributed by atoms with Crippen LogP contribution in [0.15, 0.2) is 52.6 Å². The number of nitriles is 2. The molecule has 9 nitrogen and oxygen atoms in total. The highest BCUT2D eigenvalue weighted by molar-refractivity contribution is 7.99. The lowest BCUT2D eigenvalue weighted by Crippen LogP contribution is -2.43. The van der Waals surface area contributed by atoms with Gasteiger partial charge in [0.05, 0.1) is 35.1 Å². The Balaban J connectivity index is 1.50. The number of aliphatic hydroxyl groups is 1. The predicted octanol–water partition coefficient (Wildman–Crippen LogP) is 4.08. The molecule has 0 bridgehead atoms. The molecule has 1 aliphatic heterocycles. The molecule has 5 rings (SSSR count). The fourth-order valence-electron chi connectivity index (χ4n) is 4.86. The Kier molecular flexibility index (Phi) is 6.89. The number of nitrogens with zero attached hydrogens (tertiary/aromatic N) is 7. The smallest absolute Gasteiger partial charge is 0.251 e. The van der Waals surface area contributed by atoms with Crippen LogP contribution in [0.2, 0.25) is 0 Å². The third kappa shape index (κ3) is 4.62. The first kappa shape index (κ1) is 25.5. The van der Waals surface area contributed by atoms with E-state index in [0.29, 0.717) is 34.0 Å². The molecule has 11 heteroatoms. The van der Waals surface area contributed by atoms with Crippen LogP contribution in [0, 0.1) is 35.4 Å². The van der Waals surface area contributed by atoms with Crippen molar-refractivity contribution in [2.24, 2.45) is 0 Å². The highest BCUT2D eigenvalue weighted by Gasteiger charge is 2.27. The Morgan fingerprint density at radius 1 is 1.13 bits per heavy atom. The molecule has 0 aliphatic carbocycles. The number of pyridine rings is 1. The Hall–Kier alpha value is -4.19. The average Bonchev–Trinajstić information content (AvgIpc) is 3.52. The summed E-state index contributed by atoms with van der Waals surface area (Å²) in [5.41, 5.74) is 3.89. The number of fused-ring (bicyclic) bond motifs is 1. The molecule has 1 aliphatic rings. The SMILES string of the molecule is Cc1c(-c2cc(Sc3ccc(F)cc3C#N)c3c(C#N)cnn3c2)cnn1C1CCN(C(=O)[C@H](C)O)CC1. The first-order valence-electron chi connectivity index (χ1n) is 12.1. The fraction of sp³-hybridized carbons (Fsp3) is 0.296. The van der Waals surface area contributed by atoms with Crippen molar-refractivity contribution < 1.29 is 14.3 Å². The number of likely N-dealkylation sites (tertiary alicyclic amines) is 1. The normalized spacial score (nSPS) is 14.8. The number of halogens is 1. The molecule has 0 spiro atoms. The maximum Gasteiger partial charge on any atom is 0.251 e. The van der Waals surface area contributed by atoms with Gasteiger partial charge in [-0.25, -0.2) is 8.91 Å². The summed E-state index contributed by atoms with van der Waals surface area (Å²) in [5.74, 6) is -0.743. The van der Waals surface area contributed by atoms with Crippen LogP contribution in [-0.4, -0.2) is 54.5 Å². The second-order valence-corrected chi connectivity index (χ2v) is 10.3. The standard InChI is InChI=1S/C27H24FN7O2S/c1-16-23(14-32-35(16)22-5-7-33(8-6-22)27(37)17(2)36)19-10-25(26-20(12-30)13-31-34(26)15-19)38-24-4-3-21(28)9-18(24)11-29/h3-4,9-10,13-15,17,22,36H,5-8H2,1-2H3/t17-/m0/s1. The lowest BCUT2D eigenvalue weighted by atomic mass is 10.0. The van der Waals surface area contributed by atoms with Crippen molar-refractivity contribution in [3.63, 3.8) is 0 Å². The summed E-state index contributed by atoms with van der Waals surface area (Å²) in [6, 6.07) is 10.3. The topological polar surface area (TPSA) is 123 Å². The second kappa shape index (κ2) is 10.3. The maximum absolute atomic E-state index is 13.7. The van der Waals surface area contributed by atoms with Gasteiger partial charge in [0.15, 0.2) is 0 Å². The minimum absolute atomic E-state index is 0.117. The van der Waals surface area contributed by atoms with Crippen molar-refractivity contribution in [3.8, 4) is 23.3 Å². The van der Waals surface area contributed by atoms with E-state index in [1.165, 1.54) is 37.0 Å². The third-order valence-electron chi connectivity index (χ3n) is 6.81. The van der Waals surface area contributed by atoms with E-state index < -0.39 is 11.9 Å². The summed E-state index contributed by atoms with van der Waals surface area (Å²) in [5, 5.41) is 37.8. The Morgan fingerprint density at radius 3 is 2.55 bits per heavy atom. The molecule has 0 unspecified atom stereocenters. The first-order chi connectivity index (χ1) is 18.3. The van der Waals surface area contributed by atoms with Crippen LogP contribution in [0.5, 0.6) is 0 Å². The van der Waals surface area contributed by atoms with Crippen molar-refractivity contribution in [3.05, 3.63) is 65.5 Å². The van der Waals surface area contributed by atoms with E-state index in [1.807, 2.05) is 29.9 Å². The number of aliphatic hydroxyl groups excluding tert-OH is 1. The van der Waals surface area contributed by atoms with Crippen LogP contribution in [0.25, 0.3) is 16.6 Å². The van der Waals surface area contributed by atoms with E-state index in [9.17, 15) is 24.8 Å². The summed E-state index contributed by atoms with van der Waals surface area (Å²) in [6.07, 6.45) is 5.59. The summed E-state index contributed by atoms with van der Waals surface area (Å²) in [6.45, 7) is 4.58. The molecular weight excluding hydrogens is 505 g/mol. The molecule has 4 heterocycles. The van der Waals surface area contributed by atoms with Crippen molar-refractivity contribution in [1.82, 2.24) is 24.3 Å². The minimum Gasteiger partial charge on any atom is -0.384 e. The molecular formula is C27H24FN7O2S. The minimum atomic E-state index is -1.01. The van der Waals surface area contributed by atoms with Crippen LogP contribution in [0.1, 0.15) is 42.6 Å². The molecule has 1 aromatic carbocycles. The van der Waals surface area contributed by atoms with Crippen LogP contribution in [0.4, 0.5) is 4.39 Å². The summed E-state index contributed by atoms with van der Waals surface area (Å²) in [4.78, 5) is 15.1. The summed E-state index contributed by atoms with van der Waals surface area (Å²) in [7, 11) is 0. The Labute approximate surface area is 222 Å². The van der Waals surface area contributed by atoms with E-state index in [0.717, 1.165) is 29.7 Å². The highest BCUT2D eigenvalue weighted by Crippen LogP contribution is 2.38. The van der Waals surface area contributed by atoms with E-state index in [4.69, 9.17) is 0 Å². The zero-order valence-corrected chi connectivity index (χ0v) is 21.6. The average molecular weight is 530 g/mol. The Bertz CT molecular complexity index is 1620. The number of carbonyl (C=O) groups excluding carboxylic acids is 1. The van der Waals surface area contributed by atoms with Gasteiger partial charge in [0, 0.05) is 45.9 Å². The van der Waals surface area contributed by atoms with Gasteiger partial charge in [-0.3, -0.25) is 9.48 Å². The number of piperidine rings is 1. The van der Waals surface area contributed by atoms with Gasteiger partial charge >= 0.3 is 0 Å². The Morgan fingerprint density at radius 2 is 1.87 bits per heavy atom. The van der Waals surface area contributed by atoms with Crippen molar-refractivity contribution >= 4 is 23.2 Å². The largest absolute Gasteiger partial charge is 0.384 e. The molecule has 1 atom stereocenters. The number of benzene rings is 1. The van der Waals surface area contributed by atoms with Crippen molar-refractivity contribution in [1.29, 1.82) is 10.5 Å². The number of rotatable bonds is 5. The van der Waals surface area contributed by atoms with Crippen molar-refractivity contribution in [2.75, 3.05) is 13.1 Å². The van der Waals surface area contributed by atoms with E-state index in [-0.39, 0.29) is 17.5 Å². The lowest BCUT2D eigenvalue weighted by molar-refractivity contribution is -0.140. The van der Waals surface area contributed by atoms with Gasteiger partial charge in [-0.05, 0) is 51.0 Å². The van der Waals surface area contributed by atoms with Gasteiger partial charge in [0.1, 0.15) is 24.1 Å². The number of aromatic nitrogens is 4. The van der Waals surface area contributed by atoms with Crippen LogP contribution >= 0.6 is 11.8 Å². The molecule has 192 valence electrons. The molecule has 1 saturated heterocycles. The second-order valence-electron chi connectivity index (χ2n) is 9.23. The van der Waals surface area contributed by atoms with Gasteiger partial charge < -0.3 is 10.0 Å². The maximum atomic E-state index is 13.7. The number of carbonyl (C=O) groups is 1. The van der Waals surface area contributed by atoms with Gasteiger partial charge in [0.25, 0.3) is 5.91 Å². The highest BCUT2D eigenvalue weighted by atomic mass is 32.2. The molecule has 1 fully saturated rings. The number of hydrogen-bond donors (Lipinski definition) is 1. The van der Waals surface area contributed by atoms with Gasteiger partial charge in [-0.1, -0.05) is 11.8 Å². The molecule has 0 saturated carbocycles. The fourth-order valence-corrected chi connectivity index (χ4v) is 5.93. The van der Waals surface area contributed by atoms with Gasteiger partial charge in [-0.2, -0.15) is 20.7 Å². The molecule has 38 heavy (non-hydrogen) atoms. The van der Waals surface area contributed by atoms with E-state index >= 15 is 0 Å². The molecule has 3 aromatic heterocycles. The number of hydrogen-bond acceptors (Lipinski definition) is 7.